The summed E-state index contributed by atoms with van der Waals surface area (Å²) >= 11 is 0. The number of Topliss-reactive ketones (excluding diaryl/α,β-unsaturated/α-hetero) is 1. The van der Waals surface area contributed by atoms with Crippen molar-refractivity contribution in [2.45, 2.75) is 78.1 Å². The van der Waals surface area contributed by atoms with Gasteiger partial charge in [0.1, 0.15) is 5.75 Å². The molecule has 2 aromatic rings. The second-order valence-corrected chi connectivity index (χ2v) is 8.57. The molecule has 4 nitrogen and oxygen atoms in total. The number of hydrogen-bond acceptors (Lipinski definition) is 4. The molecule has 0 aliphatic heterocycles. The van der Waals surface area contributed by atoms with Gasteiger partial charge in [-0.15, -0.1) is 0 Å². The molecular weight excluding hydrogens is 420 g/mol. The number of hydrogen-bond donors (Lipinski definition) is 0. The van der Waals surface area contributed by atoms with Gasteiger partial charge in [0.15, 0.2) is 5.78 Å². The summed E-state index contributed by atoms with van der Waals surface area (Å²) in [6.45, 7) is 3.77. The van der Waals surface area contributed by atoms with Crippen LogP contribution in [0.25, 0.3) is 0 Å². The van der Waals surface area contributed by atoms with Gasteiger partial charge >= 0.3 is 0 Å². The predicted octanol–water partition coefficient (Wildman–Crippen LogP) is 9.50. The van der Waals surface area contributed by atoms with E-state index in [4.69, 9.17) is 4.74 Å². The van der Waals surface area contributed by atoms with Crippen molar-refractivity contribution in [3.05, 3.63) is 77.9 Å². The van der Waals surface area contributed by atoms with Gasteiger partial charge in [0.25, 0.3) is 0 Å². The Morgan fingerprint density at radius 3 is 2.26 bits per heavy atom. The average molecular weight is 461 g/mol. The molecule has 0 amide bonds. The minimum absolute atomic E-state index is 0.0487. The highest BCUT2D eigenvalue weighted by molar-refractivity contribution is 5.94. The van der Waals surface area contributed by atoms with Gasteiger partial charge in [-0.3, -0.25) is 4.79 Å². The van der Waals surface area contributed by atoms with Gasteiger partial charge in [-0.2, -0.15) is 10.2 Å². The van der Waals surface area contributed by atoms with Crippen LogP contribution in [0.15, 0.2) is 77.0 Å². The molecule has 34 heavy (non-hydrogen) atoms. The Morgan fingerprint density at radius 1 is 0.853 bits per heavy atom. The van der Waals surface area contributed by atoms with Gasteiger partial charge in [-0.25, -0.2) is 0 Å². The van der Waals surface area contributed by atoms with Gasteiger partial charge in [0, 0.05) is 5.56 Å². The van der Waals surface area contributed by atoms with Crippen LogP contribution in [0.3, 0.4) is 0 Å². The maximum atomic E-state index is 11.4. The number of nitrogens with zero attached hydrogens (tertiary/aromatic N) is 2. The van der Waals surface area contributed by atoms with Gasteiger partial charge in [-0.1, -0.05) is 56.9 Å². The first-order valence-electron chi connectivity index (χ1n) is 12.6. The lowest BCUT2D eigenvalue weighted by Gasteiger charge is -2.08. The maximum absolute atomic E-state index is 11.4. The fraction of sp³-hybridized carbons (Fsp3) is 0.433. The third-order valence-electron chi connectivity index (χ3n) is 5.71. The second kappa shape index (κ2) is 16.6. The highest BCUT2D eigenvalue weighted by Crippen LogP contribution is 2.28. The molecule has 0 aliphatic carbocycles. The molecule has 0 spiro atoms. The number of aryl methyl sites for hydroxylation is 1. The van der Waals surface area contributed by atoms with Crippen LogP contribution in [0.5, 0.6) is 5.75 Å². The Balaban J connectivity index is 1.77. The van der Waals surface area contributed by atoms with E-state index < -0.39 is 0 Å². The van der Waals surface area contributed by atoms with Crippen LogP contribution in [0, 0.1) is 0 Å². The summed E-state index contributed by atoms with van der Waals surface area (Å²) < 4.78 is 5.41. The smallest absolute Gasteiger partial charge is 0.159 e. The molecule has 2 rings (SSSR count). The molecule has 0 aromatic heterocycles. The van der Waals surface area contributed by atoms with Crippen molar-refractivity contribution in [3.63, 3.8) is 0 Å². The fourth-order valence-corrected chi connectivity index (χ4v) is 3.64. The monoisotopic (exact) mass is 460 g/mol. The normalized spacial score (nSPS) is 11.7. The third kappa shape index (κ3) is 10.7. The Morgan fingerprint density at radius 2 is 1.56 bits per heavy atom. The van der Waals surface area contributed by atoms with Crippen molar-refractivity contribution in [1.29, 1.82) is 0 Å². The standard InChI is InChI=1S/C30H40N2O2/c1-4-5-6-7-8-9-10-11-12-13-14-15-16-17-27-24-29(34-3)22-23-30(27)32-31-28-20-18-26(19-21-28)25(2)33/h6-7,9-10,18-24H,4-5,8,11-17H2,1-3H3/b7-6-,10-9-,32-31?. The van der Waals surface area contributed by atoms with Crippen molar-refractivity contribution < 1.29 is 9.53 Å². The molecule has 4 heteroatoms. The van der Waals surface area contributed by atoms with Gasteiger partial charge in [-0.05, 0) is 93.5 Å². The van der Waals surface area contributed by atoms with E-state index in [1.807, 2.05) is 24.3 Å². The minimum Gasteiger partial charge on any atom is -0.497 e. The molecule has 0 N–H and O–H groups in total. The van der Waals surface area contributed by atoms with Crippen molar-refractivity contribution in [1.82, 2.24) is 0 Å². The zero-order valence-electron chi connectivity index (χ0n) is 21.1. The molecule has 2 aromatic carbocycles. The SMILES string of the molecule is CCC/C=C\C/C=C\CCCCCCCc1cc(OC)ccc1N=Nc1ccc(C(C)=O)cc1. The van der Waals surface area contributed by atoms with Crippen LogP contribution in [-0.2, 0) is 6.42 Å². The van der Waals surface area contributed by atoms with Crippen LogP contribution in [0.1, 0.15) is 87.6 Å². The van der Waals surface area contributed by atoms with Crippen LogP contribution in [-0.4, -0.2) is 12.9 Å². The fourth-order valence-electron chi connectivity index (χ4n) is 3.64. The number of carbonyl (C=O) groups excluding carboxylic acids is 1. The van der Waals surface area contributed by atoms with E-state index in [1.54, 1.807) is 26.2 Å². The summed E-state index contributed by atoms with van der Waals surface area (Å²) in [5.74, 6) is 0.892. The summed E-state index contributed by atoms with van der Waals surface area (Å²) in [5, 5.41) is 8.85. The molecule has 0 saturated carbocycles. The highest BCUT2D eigenvalue weighted by Gasteiger charge is 2.05. The number of benzene rings is 2. The summed E-state index contributed by atoms with van der Waals surface area (Å²) in [7, 11) is 1.69. The van der Waals surface area contributed by atoms with Gasteiger partial charge < -0.3 is 4.74 Å². The Hall–Kier alpha value is -3.01. The Kier molecular flexibility index (Phi) is 13.3. The lowest BCUT2D eigenvalue weighted by Crippen LogP contribution is -1.90. The van der Waals surface area contributed by atoms with Crippen molar-refractivity contribution >= 4 is 17.2 Å². The third-order valence-corrected chi connectivity index (χ3v) is 5.71. The van der Waals surface area contributed by atoms with Crippen molar-refractivity contribution in [2.24, 2.45) is 10.2 Å². The molecule has 0 radical (unpaired) electrons. The van der Waals surface area contributed by atoms with Crippen LogP contribution in [0.4, 0.5) is 11.4 Å². The van der Waals surface area contributed by atoms with Crippen molar-refractivity contribution in [3.8, 4) is 5.75 Å². The molecule has 0 fully saturated rings. The first kappa shape index (κ1) is 27.2. The number of methoxy groups -OCH3 is 1. The maximum Gasteiger partial charge on any atom is 0.159 e. The quantitative estimate of drug-likeness (QED) is 0.108. The largest absolute Gasteiger partial charge is 0.497 e. The summed E-state index contributed by atoms with van der Waals surface area (Å²) in [6, 6.07) is 13.2. The van der Waals surface area contributed by atoms with Crippen molar-refractivity contribution in [2.75, 3.05) is 7.11 Å². The topological polar surface area (TPSA) is 51.0 Å². The lowest BCUT2D eigenvalue weighted by molar-refractivity contribution is 0.101. The highest BCUT2D eigenvalue weighted by atomic mass is 16.5. The van der Waals surface area contributed by atoms with E-state index in [-0.39, 0.29) is 5.78 Å². The molecule has 0 heterocycles. The predicted molar refractivity (Wildman–Crippen MR) is 143 cm³/mol. The zero-order chi connectivity index (χ0) is 24.4. The minimum atomic E-state index is 0.0487. The van der Waals surface area contributed by atoms with Crippen LogP contribution >= 0.6 is 0 Å². The Labute approximate surface area is 205 Å². The number of unbranched alkanes of at least 4 members (excludes halogenated alkanes) is 6. The number of ketones is 1. The molecule has 0 unspecified atom stereocenters. The summed E-state index contributed by atoms with van der Waals surface area (Å²) in [4.78, 5) is 11.4. The molecule has 0 atom stereocenters. The van der Waals surface area contributed by atoms with Gasteiger partial charge in [0.2, 0.25) is 0 Å². The van der Waals surface area contributed by atoms with Crippen LogP contribution in [0.2, 0.25) is 0 Å². The number of carbonyl (C=O) groups is 1. The molecular formula is C30H40N2O2. The molecule has 0 bridgehead atoms. The van der Waals surface area contributed by atoms with E-state index in [2.05, 4.69) is 47.5 Å². The van der Waals surface area contributed by atoms with Crippen LogP contribution < -0.4 is 4.74 Å². The summed E-state index contributed by atoms with van der Waals surface area (Å²) in [6.07, 6.45) is 20.9. The van der Waals surface area contributed by atoms with E-state index >= 15 is 0 Å². The second-order valence-electron chi connectivity index (χ2n) is 8.57. The number of azo groups is 1. The Bertz CT molecular complexity index is 943. The lowest BCUT2D eigenvalue weighted by atomic mass is 10.0. The number of rotatable bonds is 16. The first-order valence-corrected chi connectivity index (χ1v) is 12.6. The zero-order valence-corrected chi connectivity index (χ0v) is 21.1. The number of ether oxygens (including phenoxy) is 1. The van der Waals surface area contributed by atoms with E-state index in [0.29, 0.717) is 5.56 Å². The average Bonchev–Trinajstić information content (AvgIpc) is 2.86. The van der Waals surface area contributed by atoms with E-state index in [9.17, 15) is 4.79 Å². The molecule has 0 saturated heterocycles. The van der Waals surface area contributed by atoms with Gasteiger partial charge in [0.05, 0.1) is 18.5 Å². The number of allylic oxidation sites excluding steroid dienone is 4. The van der Waals surface area contributed by atoms with E-state index in [0.717, 1.165) is 42.0 Å². The first-order chi connectivity index (χ1) is 16.6. The molecule has 182 valence electrons. The van der Waals surface area contributed by atoms with E-state index in [1.165, 1.54) is 44.9 Å². The summed E-state index contributed by atoms with van der Waals surface area (Å²) in [5.41, 5.74) is 3.44. The molecule has 0 aliphatic rings.